The summed E-state index contributed by atoms with van der Waals surface area (Å²) in [6, 6.07) is 14.5. The van der Waals surface area contributed by atoms with Crippen molar-refractivity contribution in [2.75, 3.05) is 23.9 Å². The standard InChI is InChI=1S/C28H21Cl2N3O7/c1-15-3-7-18(8-4-15)31-23(34)14-40-24-21(29)12-16(13-22(24)30)11-20-25(35)32-28(38)33(26(20)36)19-9-5-17(6-10-19)27(37)39-2/h3-13H,14H2,1-2H3,(H,31,34)(H,32,35,38)/b20-11+. The number of halogens is 2. The van der Waals surface area contributed by atoms with Crippen molar-refractivity contribution >= 4 is 70.4 Å². The predicted molar refractivity (Wildman–Crippen MR) is 149 cm³/mol. The Bertz CT molecular complexity index is 1530. The fourth-order valence-corrected chi connectivity index (χ4v) is 4.31. The van der Waals surface area contributed by atoms with Crippen molar-refractivity contribution in [3.8, 4) is 5.75 Å². The van der Waals surface area contributed by atoms with Crippen LogP contribution in [-0.2, 0) is 19.1 Å². The smallest absolute Gasteiger partial charge is 0.337 e. The van der Waals surface area contributed by atoms with E-state index in [4.69, 9.17) is 27.9 Å². The number of methoxy groups -OCH3 is 1. The van der Waals surface area contributed by atoms with Gasteiger partial charge in [-0.2, -0.15) is 0 Å². The van der Waals surface area contributed by atoms with E-state index in [0.717, 1.165) is 10.5 Å². The fraction of sp³-hybridized carbons (Fsp3) is 0.107. The Morgan fingerprint density at radius 3 is 2.20 bits per heavy atom. The zero-order chi connectivity index (χ0) is 29.0. The summed E-state index contributed by atoms with van der Waals surface area (Å²) in [4.78, 5) is 62.8. The molecule has 1 aliphatic rings. The van der Waals surface area contributed by atoms with Crippen LogP contribution in [0, 0.1) is 6.92 Å². The first kappa shape index (κ1) is 28.3. The van der Waals surface area contributed by atoms with E-state index < -0.39 is 29.7 Å². The highest BCUT2D eigenvalue weighted by Crippen LogP contribution is 2.35. The average molecular weight is 582 g/mol. The van der Waals surface area contributed by atoms with Gasteiger partial charge >= 0.3 is 12.0 Å². The second-order valence-electron chi connectivity index (χ2n) is 8.51. The van der Waals surface area contributed by atoms with Crippen molar-refractivity contribution < 1.29 is 33.4 Å². The van der Waals surface area contributed by atoms with Crippen LogP contribution in [0.2, 0.25) is 10.0 Å². The first-order chi connectivity index (χ1) is 19.1. The molecule has 10 nitrogen and oxygen atoms in total. The lowest BCUT2D eigenvalue weighted by molar-refractivity contribution is -0.122. The SMILES string of the molecule is COC(=O)c1ccc(N2C(=O)NC(=O)/C(=C\c3cc(Cl)c(OCC(=O)Nc4ccc(C)cc4)c(Cl)c3)C2=O)cc1. The van der Waals surface area contributed by atoms with Gasteiger partial charge in [-0.15, -0.1) is 0 Å². The van der Waals surface area contributed by atoms with Gasteiger partial charge in [0.2, 0.25) is 0 Å². The van der Waals surface area contributed by atoms with Gasteiger partial charge in [0, 0.05) is 5.69 Å². The summed E-state index contributed by atoms with van der Waals surface area (Å²) in [5.41, 5.74) is 1.87. The van der Waals surface area contributed by atoms with Crippen LogP contribution in [0.1, 0.15) is 21.5 Å². The van der Waals surface area contributed by atoms with Gasteiger partial charge in [0.05, 0.1) is 28.4 Å². The van der Waals surface area contributed by atoms with Crippen LogP contribution in [0.15, 0.2) is 66.2 Å². The highest BCUT2D eigenvalue weighted by Gasteiger charge is 2.37. The molecule has 5 amide bonds. The minimum atomic E-state index is -0.957. The summed E-state index contributed by atoms with van der Waals surface area (Å²) in [6.07, 6.45) is 1.21. The normalized spacial score (nSPS) is 14.2. The van der Waals surface area contributed by atoms with Crippen molar-refractivity contribution in [2.24, 2.45) is 0 Å². The molecule has 3 aromatic carbocycles. The van der Waals surface area contributed by atoms with Gasteiger partial charge in [0.25, 0.3) is 17.7 Å². The Balaban J connectivity index is 1.51. The molecule has 3 aromatic rings. The maximum Gasteiger partial charge on any atom is 0.337 e. The van der Waals surface area contributed by atoms with Gasteiger partial charge in [-0.1, -0.05) is 40.9 Å². The summed E-state index contributed by atoms with van der Waals surface area (Å²) in [5, 5.41) is 4.85. The number of aryl methyl sites for hydroxylation is 1. The summed E-state index contributed by atoms with van der Waals surface area (Å²) < 4.78 is 10.1. The molecule has 1 fully saturated rings. The van der Waals surface area contributed by atoms with E-state index in [2.05, 4.69) is 15.4 Å². The molecule has 0 saturated carbocycles. The van der Waals surface area contributed by atoms with E-state index in [9.17, 15) is 24.0 Å². The first-order valence-corrected chi connectivity index (χ1v) is 12.4. The van der Waals surface area contributed by atoms with Gasteiger partial charge in [-0.3, -0.25) is 19.7 Å². The van der Waals surface area contributed by atoms with Gasteiger partial charge in [0.15, 0.2) is 12.4 Å². The lowest BCUT2D eigenvalue weighted by Crippen LogP contribution is -2.54. The second-order valence-corrected chi connectivity index (χ2v) is 9.33. The van der Waals surface area contributed by atoms with Gasteiger partial charge in [-0.25, -0.2) is 14.5 Å². The van der Waals surface area contributed by atoms with Crippen LogP contribution in [-0.4, -0.2) is 43.4 Å². The molecule has 0 atom stereocenters. The highest BCUT2D eigenvalue weighted by atomic mass is 35.5. The average Bonchev–Trinajstić information content (AvgIpc) is 2.91. The Kier molecular flexibility index (Phi) is 8.52. The van der Waals surface area contributed by atoms with Crippen LogP contribution in [0.5, 0.6) is 5.75 Å². The predicted octanol–water partition coefficient (Wildman–Crippen LogP) is 4.77. The molecular weight excluding hydrogens is 561 g/mol. The monoisotopic (exact) mass is 581 g/mol. The molecule has 2 N–H and O–H groups in total. The number of nitrogens with one attached hydrogen (secondary N) is 2. The molecule has 0 unspecified atom stereocenters. The van der Waals surface area contributed by atoms with Crippen LogP contribution >= 0.6 is 23.2 Å². The van der Waals surface area contributed by atoms with E-state index >= 15 is 0 Å². The molecular formula is C28H21Cl2N3O7. The van der Waals surface area contributed by atoms with Crippen molar-refractivity contribution in [2.45, 2.75) is 6.92 Å². The van der Waals surface area contributed by atoms with Crippen molar-refractivity contribution in [3.63, 3.8) is 0 Å². The zero-order valence-electron chi connectivity index (χ0n) is 21.1. The molecule has 1 heterocycles. The second kappa shape index (κ2) is 12.0. The number of ether oxygens (including phenoxy) is 2. The fourth-order valence-electron chi connectivity index (χ4n) is 3.70. The highest BCUT2D eigenvalue weighted by molar-refractivity contribution is 6.40. The molecule has 1 saturated heterocycles. The molecule has 0 radical (unpaired) electrons. The van der Waals surface area contributed by atoms with Crippen LogP contribution in [0.25, 0.3) is 6.08 Å². The Hall–Kier alpha value is -4.67. The van der Waals surface area contributed by atoms with E-state index in [1.165, 1.54) is 49.6 Å². The number of carbonyl (C=O) groups is 5. The largest absolute Gasteiger partial charge is 0.481 e. The number of nitrogens with zero attached hydrogens (tertiary/aromatic N) is 1. The molecule has 204 valence electrons. The summed E-state index contributed by atoms with van der Waals surface area (Å²) in [6.45, 7) is 1.55. The Morgan fingerprint density at radius 1 is 0.975 bits per heavy atom. The maximum absolute atomic E-state index is 13.2. The number of rotatable bonds is 7. The summed E-state index contributed by atoms with van der Waals surface area (Å²) >= 11 is 12.7. The number of hydrogen-bond acceptors (Lipinski definition) is 7. The van der Waals surface area contributed by atoms with E-state index in [1.807, 2.05) is 19.1 Å². The van der Waals surface area contributed by atoms with Crippen LogP contribution in [0.3, 0.4) is 0 Å². The molecule has 1 aliphatic heterocycles. The van der Waals surface area contributed by atoms with Gasteiger partial charge < -0.3 is 14.8 Å². The number of hydrogen-bond donors (Lipinski definition) is 2. The van der Waals surface area contributed by atoms with E-state index in [1.54, 1.807) is 12.1 Å². The number of anilines is 2. The number of amides is 5. The lowest BCUT2D eigenvalue weighted by atomic mass is 10.1. The Labute approximate surface area is 238 Å². The molecule has 0 aromatic heterocycles. The van der Waals surface area contributed by atoms with Crippen molar-refractivity contribution in [1.82, 2.24) is 5.32 Å². The van der Waals surface area contributed by atoms with Crippen molar-refractivity contribution in [1.29, 1.82) is 0 Å². The summed E-state index contributed by atoms with van der Waals surface area (Å²) in [7, 11) is 1.22. The van der Waals surface area contributed by atoms with E-state index in [-0.39, 0.29) is 44.8 Å². The molecule has 12 heteroatoms. The van der Waals surface area contributed by atoms with Gasteiger partial charge in [0.1, 0.15) is 5.57 Å². The first-order valence-electron chi connectivity index (χ1n) is 11.7. The molecule has 0 aliphatic carbocycles. The minimum absolute atomic E-state index is 0.0254. The van der Waals surface area contributed by atoms with Crippen LogP contribution in [0.4, 0.5) is 16.2 Å². The summed E-state index contributed by atoms with van der Waals surface area (Å²) in [5.74, 6) is -2.81. The third-order valence-corrected chi connectivity index (χ3v) is 6.22. The third-order valence-electron chi connectivity index (χ3n) is 5.66. The van der Waals surface area contributed by atoms with Crippen LogP contribution < -0.4 is 20.3 Å². The number of benzene rings is 3. The quantitative estimate of drug-likeness (QED) is 0.233. The van der Waals surface area contributed by atoms with Gasteiger partial charge in [-0.05, 0) is 67.1 Å². The number of esters is 1. The lowest BCUT2D eigenvalue weighted by Gasteiger charge is -2.26. The molecule has 4 rings (SSSR count). The number of urea groups is 1. The number of imide groups is 2. The number of barbiturate groups is 1. The van der Waals surface area contributed by atoms with Crippen molar-refractivity contribution in [3.05, 3.63) is 93.0 Å². The molecule has 0 bridgehead atoms. The topological polar surface area (TPSA) is 131 Å². The molecule has 0 spiro atoms. The zero-order valence-corrected chi connectivity index (χ0v) is 22.6. The Morgan fingerprint density at radius 2 is 1.60 bits per heavy atom. The maximum atomic E-state index is 13.2. The minimum Gasteiger partial charge on any atom is -0.481 e. The molecule has 40 heavy (non-hydrogen) atoms. The van der Waals surface area contributed by atoms with E-state index in [0.29, 0.717) is 5.69 Å². The third kappa shape index (κ3) is 6.31. The number of carbonyl (C=O) groups excluding carboxylic acids is 5.